The van der Waals surface area contributed by atoms with Gasteiger partial charge in [-0.15, -0.1) is 0 Å². The van der Waals surface area contributed by atoms with Gasteiger partial charge < -0.3 is 9.80 Å². The summed E-state index contributed by atoms with van der Waals surface area (Å²) < 4.78 is 13.7. The molecule has 0 heterocycles. The first-order valence-electron chi connectivity index (χ1n) is 8.74. The molecule has 0 aromatic heterocycles. The fourth-order valence-electron chi connectivity index (χ4n) is 3.71. The lowest BCUT2D eigenvalue weighted by atomic mass is 9.77. The van der Waals surface area contributed by atoms with Crippen molar-refractivity contribution in [2.45, 2.75) is 44.9 Å². The Morgan fingerprint density at radius 2 is 1.79 bits per heavy atom. The molecule has 0 spiro atoms. The third-order valence-corrected chi connectivity index (χ3v) is 5.08. The van der Waals surface area contributed by atoms with Crippen LogP contribution in [0, 0.1) is 5.82 Å². The molecule has 1 fully saturated rings. The molecule has 4 nitrogen and oxygen atoms in total. The van der Waals surface area contributed by atoms with E-state index >= 15 is 0 Å². The summed E-state index contributed by atoms with van der Waals surface area (Å²) in [5, 5.41) is 0. The van der Waals surface area contributed by atoms with E-state index in [0.29, 0.717) is 25.9 Å². The summed E-state index contributed by atoms with van der Waals surface area (Å²) in [5.74, 6) is -0.456. The first-order chi connectivity index (χ1) is 11.4. The number of likely N-dealkylation sites (N-methyl/N-ethyl adjacent to an activating group) is 2. The average Bonchev–Trinajstić information content (AvgIpc) is 3.06. The van der Waals surface area contributed by atoms with Crippen LogP contribution in [0.5, 0.6) is 0 Å². The average molecular weight is 334 g/mol. The summed E-state index contributed by atoms with van der Waals surface area (Å²) in [6.45, 7) is 5.18. The molecule has 1 aliphatic carbocycles. The maximum atomic E-state index is 13.7. The molecule has 24 heavy (non-hydrogen) atoms. The van der Waals surface area contributed by atoms with Gasteiger partial charge in [-0.1, -0.05) is 25.0 Å². The van der Waals surface area contributed by atoms with Crippen LogP contribution in [0.25, 0.3) is 0 Å². The number of rotatable bonds is 6. The van der Waals surface area contributed by atoms with E-state index < -0.39 is 5.41 Å². The van der Waals surface area contributed by atoms with Gasteiger partial charge in [0.2, 0.25) is 11.8 Å². The largest absolute Gasteiger partial charge is 0.342 e. The van der Waals surface area contributed by atoms with Crippen LogP contribution in [-0.2, 0) is 15.0 Å². The first kappa shape index (κ1) is 18.4. The van der Waals surface area contributed by atoms with Crippen molar-refractivity contribution in [3.8, 4) is 0 Å². The minimum absolute atomic E-state index is 0.0526. The molecule has 1 aromatic carbocycles. The van der Waals surface area contributed by atoms with E-state index in [1.165, 1.54) is 17.0 Å². The van der Waals surface area contributed by atoms with Crippen molar-refractivity contribution < 1.29 is 14.0 Å². The second kappa shape index (κ2) is 7.77. The maximum absolute atomic E-state index is 13.7. The van der Waals surface area contributed by atoms with Crippen molar-refractivity contribution in [2.24, 2.45) is 0 Å². The lowest BCUT2D eigenvalue weighted by molar-refractivity contribution is -0.142. The number of carbonyl (C=O) groups excluding carboxylic acids is 2. The Morgan fingerprint density at radius 1 is 1.17 bits per heavy atom. The van der Waals surface area contributed by atoms with Gasteiger partial charge in [0.15, 0.2) is 0 Å². The van der Waals surface area contributed by atoms with Crippen molar-refractivity contribution in [3.63, 3.8) is 0 Å². The molecule has 1 aliphatic rings. The van der Waals surface area contributed by atoms with Gasteiger partial charge in [0.1, 0.15) is 5.82 Å². The molecule has 0 unspecified atom stereocenters. The van der Waals surface area contributed by atoms with Gasteiger partial charge in [-0.25, -0.2) is 4.39 Å². The summed E-state index contributed by atoms with van der Waals surface area (Å²) in [7, 11) is 1.67. The fourth-order valence-corrected chi connectivity index (χ4v) is 3.71. The molecule has 5 heteroatoms. The fraction of sp³-hybridized carbons (Fsp3) is 0.579. The van der Waals surface area contributed by atoms with Crippen LogP contribution >= 0.6 is 0 Å². The first-order valence-corrected chi connectivity index (χ1v) is 8.74. The van der Waals surface area contributed by atoms with E-state index in [1.807, 2.05) is 19.9 Å². The van der Waals surface area contributed by atoms with Gasteiger partial charge in [-0.05, 0) is 44.4 Å². The van der Waals surface area contributed by atoms with E-state index in [4.69, 9.17) is 0 Å². The Morgan fingerprint density at radius 3 is 2.33 bits per heavy atom. The molecule has 0 atom stereocenters. The number of benzene rings is 1. The zero-order valence-corrected chi connectivity index (χ0v) is 14.8. The predicted molar refractivity (Wildman–Crippen MR) is 92.1 cm³/mol. The van der Waals surface area contributed by atoms with Crippen molar-refractivity contribution in [1.29, 1.82) is 0 Å². The summed E-state index contributed by atoms with van der Waals surface area (Å²) in [6.07, 6.45) is 3.30. The van der Waals surface area contributed by atoms with Gasteiger partial charge in [-0.3, -0.25) is 9.59 Å². The Balaban J connectivity index is 2.22. The zero-order valence-electron chi connectivity index (χ0n) is 14.8. The molecular weight excluding hydrogens is 307 g/mol. The molecule has 1 aromatic rings. The molecule has 0 bridgehead atoms. The molecule has 1 saturated carbocycles. The van der Waals surface area contributed by atoms with E-state index in [1.54, 1.807) is 18.0 Å². The third kappa shape index (κ3) is 3.60. The van der Waals surface area contributed by atoms with Crippen molar-refractivity contribution in [3.05, 3.63) is 35.6 Å². The third-order valence-electron chi connectivity index (χ3n) is 5.08. The Bertz CT molecular complexity index is 593. The van der Waals surface area contributed by atoms with Crippen molar-refractivity contribution in [1.82, 2.24) is 9.80 Å². The monoisotopic (exact) mass is 334 g/mol. The number of nitrogens with zero attached hydrogens (tertiary/aromatic N) is 2. The number of hydrogen-bond donors (Lipinski definition) is 0. The molecule has 0 saturated heterocycles. The highest BCUT2D eigenvalue weighted by molar-refractivity contribution is 5.91. The van der Waals surface area contributed by atoms with Gasteiger partial charge in [-0.2, -0.15) is 0 Å². The van der Waals surface area contributed by atoms with Gasteiger partial charge in [0.25, 0.3) is 0 Å². The van der Waals surface area contributed by atoms with Crippen LogP contribution in [0.15, 0.2) is 24.3 Å². The van der Waals surface area contributed by atoms with E-state index in [2.05, 4.69) is 0 Å². The molecular formula is C19H27FN2O2. The normalized spacial score (nSPS) is 16.0. The van der Waals surface area contributed by atoms with Gasteiger partial charge in [0.05, 0.1) is 12.0 Å². The van der Waals surface area contributed by atoms with E-state index in [9.17, 15) is 14.0 Å². The molecule has 132 valence electrons. The van der Waals surface area contributed by atoms with E-state index in [0.717, 1.165) is 18.4 Å². The summed E-state index contributed by atoms with van der Waals surface area (Å²) in [4.78, 5) is 28.7. The highest BCUT2D eigenvalue weighted by atomic mass is 19.1. The molecule has 0 aliphatic heterocycles. The van der Waals surface area contributed by atoms with Crippen LogP contribution in [0.4, 0.5) is 4.39 Å². The molecule has 0 radical (unpaired) electrons. The molecule has 2 amide bonds. The van der Waals surface area contributed by atoms with Crippen LogP contribution in [0.1, 0.15) is 45.1 Å². The SMILES string of the molecule is CCN(CC)C(=O)CN(C)C(=O)C1(c2cccc(F)c2)CCCC1. The van der Waals surface area contributed by atoms with Gasteiger partial charge in [0, 0.05) is 20.1 Å². The molecule has 2 rings (SSSR count). The lowest BCUT2D eigenvalue weighted by Gasteiger charge is -2.33. The summed E-state index contributed by atoms with van der Waals surface area (Å²) >= 11 is 0. The Kier molecular flexibility index (Phi) is 5.97. The minimum atomic E-state index is -0.694. The number of amides is 2. The zero-order chi connectivity index (χ0) is 17.7. The lowest BCUT2D eigenvalue weighted by Crippen LogP contribution is -2.48. The Labute approximate surface area is 143 Å². The minimum Gasteiger partial charge on any atom is -0.342 e. The van der Waals surface area contributed by atoms with Crippen molar-refractivity contribution >= 4 is 11.8 Å². The highest BCUT2D eigenvalue weighted by Gasteiger charge is 2.44. The second-order valence-corrected chi connectivity index (χ2v) is 6.53. The summed E-state index contributed by atoms with van der Waals surface area (Å²) in [6, 6.07) is 6.33. The number of carbonyl (C=O) groups is 2. The topological polar surface area (TPSA) is 40.6 Å². The molecule has 0 N–H and O–H groups in total. The van der Waals surface area contributed by atoms with Crippen LogP contribution < -0.4 is 0 Å². The Hall–Kier alpha value is -1.91. The van der Waals surface area contributed by atoms with Crippen molar-refractivity contribution in [2.75, 3.05) is 26.7 Å². The number of hydrogen-bond acceptors (Lipinski definition) is 2. The number of halogens is 1. The standard InChI is InChI=1S/C19H27FN2O2/c1-4-22(5-2)17(23)14-21(3)18(24)19(11-6-7-12-19)15-9-8-10-16(20)13-15/h8-10,13H,4-7,11-12,14H2,1-3H3. The van der Waals surface area contributed by atoms with Crippen LogP contribution in [0.2, 0.25) is 0 Å². The van der Waals surface area contributed by atoms with Crippen LogP contribution in [-0.4, -0.2) is 48.3 Å². The smallest absolute Gasteiger partial charge is 0.242 e. The predicted octanol–water partition coefficient (Wildman–Crippen LogP) is 2.96. The van der Waals surface area contributed by atoms with E-state index in [-0.39, 0.29) is 24.2 Å². The summed E-state index contributed by atoms with van der Waals surface area (Å²) in [5.41, 5.74) is 0.0348. The van der Waals surface area contributed by atoms with Gasteiger partial charge >= 0.3 is 0 Å². The maximum Gasteiger partial charge on any atom is 0.242 e. The van der Waals surface area contributed by atoms with Crippen LogP contribution in [0.3, 0.4) is 0 Å². The second-order valence-electron chi connectivity index (χ2n) is 6.53. The highest BCUT2D eigenvalue weighted by Crippen LogP contribution is 2.42. The quantitative estimate of drug-likeness (QED) is 0.802.